The van der Waals surface area contributed by atoms with Gasteiger partial charge in [-0.1, -0.05) is 87.3 Å². The molecule has 37 heavy (non-hydrogen) atoms. The number of nitriles is 1. The van der Waals surface area contributed by atoms with Gasteiger partial charge in [-0.2, -0.15) is 5.26 Å². The van der Waals surface area contributed by atoms with E-state index in [2.05, 4.69) is 80.8 Å². The quantitative estimate of drug-likeness (QED) is 0.327. The molecule has 8 unspecified atom stereocenters. The summed E-state index contributed by atoms with van der Waals surface area (Å²) < 4.78 is 0. The van der Waals surface area contributed by atoms with Gasteiger partial charge in [-0.15, -0.1) is 0 Å². The maximum absolute atomic E-state index is 10.2. The Morgan fingerprint density at radius 3 is 2.86 bits per heavy atom. The van der Waals surface area contributed by atoms with Gasteiger partial charge in [0.15, 0.2) is 0 Å². The van der Waals surface area contributed by atoms with Crippen molar-refractivity contribution in [3.05, 3.63) is 82.3 Å². The molecule has 0 saturated heterocycles. The van der Waals surface area contributed by atoms with Crippen LogP contribution in [0, 0.1) is 58.7 Å². The number of fused-ring (bicyclic) bond motifs is 3. The molecular weight excluding hydrogens is 448 g/mol. The number of nitrogens with one attached hydrogen (secondary N) is 1. The van der Waals surface area contributed by atoms with Gasteiger partial charge in [-0.3, -0.25) is 0 Å². The monoisotopic (exact) mass is 492 g/mol. The Hall–Kier alpha value is -2.53. The molecule has 2 nitrogen and oxygen atoms in total. The first kappa shape index (κ1) is 24.8. The van der Waals surface area contributed by atoms with Crippen LogP contribution in [0.25, 0.3) is 0 Å². The lowest BCUT2D eigenvalue weighted by Crippen LogP contribution is -2.25. The van der Waals surface area contributed by atoms with E-state index in [4.69, 9.17) is 0 Å². The summed E-state index contributed by atoms with van der Waals surface area (Å²) in [5.41, 5.74) is 7.76. The fourth-order valence-corrected chi connectivity index (χ4v) is 7.75. The van der Waals surface area contributed by atoms with Crippen LogP contribution in [0.5, 0.6) is 0 Å². The van der Waals surface area contributed by atoms with Crippen molar-refractivity contribution in [1.82, 2.24) is 5.32 Å². The molecule has 0 spiro atoms. The number of allylic oxidation sites excluding steroid dienone is 12. The molecule has 0 amide bonds. The van der Waals surface area contributed by atoms with E-state index in [1.807, 2.05) is 0 Å². The highest BCUT2D eigenvalue weighted by Gasteiger charge is 2.47. The third-order valence-electron chi connectivity index (χ3n) is 10.3. The van der Waals surface area contributed by atoms with Crippen LogP contribution in [0.15, 0.2) is 82.3 Å². The zero-order valence-corrected chi connectivity index (χ0v) is 23.0. The second-order valence-corrected chi connectivity index (χ2v) is 12.6. The second-order valence-electron chi connectivity index (χ2n) is 12.6. The van der Waals surface area contributed by atoms with Gasteiger partial charge >= 0.3 is 0 Å². The molecule has 0 aromatic heterocycles. The molecule has 6 rings (SSSR count). The number of hydrogen-bond acceptors (Lipinski definition) is 2. The summed E-state index contributed by atoms with van der Waals surface area (Å²) in [5, 5.41) is 14.1. The average molecular weight is 493 g/mol. The van der Waals surface area contributed by atoms with Gasteiger partial charge < -0.3 is 5.32 Å². The molecule has 0 aromatic rings. The van der Waals surface area contributed by atoms with E-state index in [0.29, 0.717) is 35.5 Å². The van der Waals surface area contributed by atoms with Crippen molar-refractivity contribution in [1.29, 1.82) is 5.26 Å². The Bertz CT molecular complexity index is 1180. The Balaban J connectivity index is 1.20. The molecular formula is C35H44N2. The van der Waals surface area contributed by atoms with E-state index in [-0.39, 0.29) is 0 Å². The Kier molecular flexibility index (Phi) is 6.91. The van der Waals surface area contributed by atoms with Gasteiger partial charge in [0.05, 0.1) is 17.3 Å². The zero-order valence-electron chi connectivity index (χ0n) is 23.0. The standard InChI is InChI=1S/C35H44N2/c1-4-7-23(5-2)18-24-10-15-29-30(32(29)19-24)16-13-26-11-12-27-20-31(27)33(21-36)35(26)37-34-17-14-25-8-6-9-28(25)22(34)3/h6,9-11,13,15-16,19,23,25,27-32,37H,4-5,7-8,12,14,17-18,20H2,1-3H3/b16-13+. The van der Waals surface area contributed by atoms with Crippen molar-refractivity contribution in [3.63, 3.8) is 0 Å². The van der Waals surface area contributed by atoms with Gasteiger partial charge in [-0.25, -0.2) is 0 Å². The minimum Gasteiger partial charge on any atom is -0.358 e. The third-order valence-corrected chi connectivity index (χ3v) is 10.3. The zero-order chi connectivity index (χ0) is 25.5. The van der Waals surface area contributed by atoms with Crippen LogP contribution < -0.4 is 5.32 Å². The molecule has 8 atom stereocenters. The predicted octanol–water partition coefficient (Wildman–Crippen LogP) is 8.71. The molecule has 0 aliphatic heterocycles. The highest BCUT2D eigenvalue weighted by Crippen LogP contribution is 2.54. The van der Waals surface area contributed by atoms with Gasteiger partial charge in [0.1, 0.15) is 0 Å². The Morgan fingerprint density at radius 1 is 1.16 bits per heavy atom. The number of hydrogen-bond donors (Lipinski definition) is 1. The van der Waals surface area contributed by atoms with Crippen LogP contribution in [0.1, 0.15) is 78.6 Å². The van der Waals surface area contributed by atoms with E-state index in [1.54, 1.807) is 5.57 Å². The molecule has 0 radical (unpaired) electrons. The van der Waals surface area contributed by atoms with Crippen molar-refractivity contribution in [2.75, 3.05) is 0 Å². The predicted molar refractivity (Wildman–Crippen MR) is 153 cm³/mol. The van der Waals surface area contributed by atoms with E-state index >= 15 is 0 Å². The topological polar surface area (TPSA) is 35.8 Å². The molecule has 0 heterocycles. The number of rotatable bonds is 9. The summed E-state index contributed by atoms with van der Waals surface area (Å²) in [7, 11) is 0. The maximum atomic E-state index is 10.2. The summed E-state index contributed by atoms with van der Waals surface area (Å²) in [6, 6.07) is 2.64. The SMILES string of the molecule is CCCC(CC)CC1=CC2C(C=C1)C2/C=C/C1=CCC2CC2C(C#N)=C1NC1=C(C)C2C=CCC2CC1. The minimum atomic E-state index is 0.449. The third kappa shape index (κ3) is 4.87. The smallest absolute Gasteiger partial charge is 0.0972 e. The van der Waals surface area contributed by atoms with E-state index in [9.17, 15) is 5.26 Å². The first-order chi connectivity index (χ1) is 18.1. The van der Waals surface area contributed by atoms with Gasteiger partial charge in [0.25, 0.3) is 0 Å². The Morgan fingerprint density at radius 2 is 2.05 bits per heavy atom. The molecule has 2 heteroatoms. The van der Waals surface area contributed by atoms with Crippen LogP contribution in [0.2, 0.25) is 0 Å². The fourth-order valence-electron chi connectivity index (χ4n) is 7.75. The van der Waals surface area contributed by atoms with Crippen molar-refractivity contribution in [2.45, 2.75) is 78.6 Å². The first-order valence-corrected chi connectivity index (χ1v) is 15.2. The Labute approximate surface area is 224 Å². The van der Waals surface area contributed by atoms with Crippen molar-refractivity contribution < 1.29 is 0 Å². The minimum absolute atomic E-state index is 0.449. The van der Waals surface area contributed by atoms with Crippen molar-refractivity contribution in [2.24, 2.45) is 47.3 Å². The highest BCUT2D eigenvalue weighted by molar-refractivity contribution is 5.52. The summed E-state index contributed by atoms with van der Waals surface area (Å²) in [4.78, 5) is 0. The molecule has 1 N–H and O–H groups in total. The molecule has 6 aliphatic rings. The largest absolute Gasteiger partial charge is 0.358 e. The normalized spacial score (nSPS) is 36.3. The van der Waals surface area contributed by atoms with Crippen LogP contribution in [-0.4, -0.2) is 0 Å². The van der Waals surface area contributed by atoms with Crippen LogP contribution in [0.3, 0.4) is 0 Å². The van der Waals surface area contributed by atoms with Crippen molar-refractivity contribution >= 4 is 0 Å². The fraction of sp³-hybridized carbons (Fsp3) is 0.571. The molecule has 194 valence electrons. The van der Waals surface area contributed by atoms with Crippen LogP contribution >= 0.6 is 0 Å². The van der Waals surface area contributed by atoms with Crippen LogP contribution in [-0.2, 0) is 0 Å². The maximum Gasteiger partial charge on any atom is 0.0972 e. The average Bonchev–Trinajstić information content (AvgIpc) is 3.77. The van der Waals surface area contributed by atoms with E-state index < -0.39 is 0 Å². The summed E-state index contributed by atoms with van der Waals surface area (Å²) >= 11 is 0. The van der Waals surface area contributed by atoms with E-state index in [1.165, 1.54) is 61.8 Å². The van der Waals surface area contributed by atoms with Gasteiger partial charge in [-0.05, 0) is 98.0 Å². The number of nitrogens with zero attached hydrogens (tertiary/aromatic N) is 1. The lowest BCUT2D eigenvalue weighted by molar-refractivity contribution is 0.401. The summed E-state index contributed by atoms with van der Waals surface area (Å²) in [6.45, 7) is 6.96. The van der Waals surface area contributed by atoms with Gasteiger partial charge in [0, 0.05) is 11.6 Å². The van der Waals surface area contributed by atoms with Crippen LogP contribution in [0.4, 0.5) is 0 Å². The molecule has 6 aliphatic carbocycles. The van der Waals surface area contributed by atoms with Gasteiger partial charge in [0.2, 0.25) is 0 Å². The summed E-state index contributed by atoms with van der Waals surface area (Å²) in [6.07, 6.45) is 30.5. The van der Waals surface area contributed by atoms with Crippen molar-refractivity contribution in [3.8, 4) is 6.07 Å². The lowest BCUT2D eigenvalue weighted by atomic mass is 9.79. The lowest BCUT2D eigenvalue weighted by Gasteiger charge is -2.30. The highest BCUT2D eigenvalue weighted by atomic mass is 14.9. The summed E-state index contributed by atoms with van der Waals surface area (Å²) in [5.74, 6) is 5.23. The molecule has 0 bridgehead atoms. The molecule has 2 saturated carbocycles. The second kappa shape index (κ2) is 10.3. The van der Waals surface area contributed by atoms with E-state index in [0.717, 1.165) is 35.9 Å². The molecule has 0 aromatic carbocycles. The molecule has 2 fully saturated rings. The first-order valence-electron chi connectivity index (χ1n) is 15.2.